The van der Waals surface area contributed by atoms with Crippen LogP contribution in [0.2, 0.25) is 0 Å². The van der Waals surface area contributed by atoms with Crippen molar-refractivity contribution in [1.29, 1.82) is 0 Å². The Morgan fingerprint density at radius 3 is 2.53 bits per heavy atom. The molecule has 2 aromatic rings. The smallest absolute Gasteiger partial charge is 0.0351 e. The highest BCUT2D eigenvalue weighted by Crippen LogP contribution is 2.14. The number of nitrogens with two attached hydrogens (primary N) is 1. The van der Waals surface area contributed by atoms with Crippen LogP contribution in [0.5, 0.6) is 0 Å². The standard InChI is InChI=1S/C13H14N2/c14-13(12-7-4-8-15-10-12)9-11-5-2-1-3-6-11/h1-8,10,13H,9,14H2/t13-/m0/s1. The summed E-state index contributed by atoms with van der Waals surface area (Å²) in [5.41, 5.74) is 8.43. The van der Waals surface area contributed by atoms with Gasteiger partial charge in [-0.15, -0.1) is 0 Å². The molecule has 0 unspecified atom stereocenters. The van der Waals surface area contributed by atoms with Gasteiger partial charge in [-0.1, -0.05) is 36.4 Å². The number of pyridine rings is 1. The van der Waals surface area contributed by atoms with E-state index >= 15 is 0 Å². The Morgan fingerprint density at radius 1 is 1.07 bits per heavy atom. The molecule has 0 saturated carbocycles. The van der Waals surface area contributed by atoms with E-state index in [1.54, 1.807) is 6.20 Å². The van der Waals surface area contributed by atoms with E-state index in [0.717, 1.165) is 12.0 Å². The van der Waals surface area contributed by atoms with Crippen LogP contribution >= 0.6 is 0 Å². The maximum absolute atomic E-state index is 6.09. The van der Waals surface area contributed by atoms with Gasteiger partial charge in [0, 0.05) is 18.4 Å². The third-order valence-electron chi connectivity index (χ3n) is 2.41. The Labute approximate surface area is 89.8 Å². The summed E-state index contributed by atoms with van der Waals surface area (Å²) >= 11 is 0. The summed E-state index contributed by atoms with van der Waals surface area (Å²) in [5.74, 6) is 0. The minimum absolute atomic E-state index is 0.0288. The second kappa shape index (κ2) is 4.71. The summed E-state index contributed by atoms with van der Waals surface area (Å²) in [6.07, 6.45) is 4.44. The molecule has 1 heterocycles. The maximum atomic E-state index is 6.09. The van der Waals surface area contributed by atoms with E-state index in [4.69, 9.17) is 5.73 Å². The molecular formula is C13H14N2. The van der Waals surface area contributed by atoms with Crippen LogP contribution in [-0.4, -0.2) is 4.98 Å². The van der Waals surface area contributed by atoms with Crippen molar-refractivity contribution in [1.82, 2.24) is 4.98 Å². The molecule has 0 radical (unpaired) electrons. The molecule has 1 atom stereocenters. The predicted octanol–water partition coefficient (Wildman–Crippen LogP) is 2.32. The van der Waals surface area contributed by atoms with E-state index in [9.17, 15) is 0 Å². The van der Waals surface area contributed by atoms with Crippen LogP contribution in [0.1, 0.15) is 17.2 Å². The highest BCUT2D eigenvalue weighted by molar-refractivity contribution is 5.20. The minimum Gasteiger partial charge on any atom is -0.324 e. The molecule has 2 nitrogen and oxygen atoms in total. The van der Waals surface area contributed by atoms with Gasteiger partial charge >= 0.3 is 0 Å². The molecule has 15 heavy (non-hydrogen) atoms. The molecule has 0 bridgehead atoms. The normalized spacial score (nSPS) is 12.3. The second-order valence-corrected chi connectivity index (χ2v) is 3.58. The van der Waals surface area contributed by atoms with Crippen LogP contribution in [-0.2, 0) is 6.42 Å². The van der Waals surface area contributed by atoms with E-state index < -0.39 is 0 Å². The van der Waals surface area contributed by atoms with Crippen LogP contribution in [0.15, 0.2) is 54.9 Å². The van der Waals surface area contributed by atoms with Crippen LogP contribution in [0, 0.1) is 0 Å². The number of rotatable bonds is 3. The Morgan fingerprint density at radius 2 is 1.87 bits per heavy atom. The van der Waals surface area contributed by atoms with Crippen LogP contribution < -0.4 is 5.73 Å². The second-order valence-electron chi connectivity index (χ2n) is 3.58. The van der Waals surface area contributed by atoms with Crippen LogP contribution in [0.4, 0.5) is 0 Å². The summed E-state index contributed by atoms with van der Waals surface area (Å²) < 4.78 is 0. The van der Waals surface area contributed by atoms with Crippen molar-refractivity contribution in [3.8, 4) is 0 Å². The first-order chi connectivity index (χ1) is 7.36. The van der Waals surface area contributed by atoms with Gasteiger partial charge in [0.2, 0.25) is 0 Å². The minimum atomic E-state index is 0.0288. The Hall–Kier alpha value is -1.67. The van der Waals surface area contributed by atoms with Gasteiger partial charge in [-0.05, 0) is 23.6 Å². The van der Waals surface area contributed by atoms with Crippen LogP contribution in [0.25, 0.3) is 0 Å². The number of benzene rings is 1. The zero-order chi connectivity index (χ0) is 10.5. The average Bonchev–Trinajstić information content (AvgIpc) is 2.31. The first kappa shape index (κ1) is 9.87. The molecule has 2 N–H and O–H groups in total. The lowest BCUT2D eigenvalue weighted by Crippen LogP contribution is -2.13. The predicted molar refractivity (Wildman–Crippen MR) is 61.3 cm³/mol. The van der Waals surface area contributed by atoms with E-state index in [-0.39, 0.29) is 6.04 Å². The molecule has 0 aliphatic heterocycles. The van der Waals surface area contributed by atoms with Crippen molar-refractivity contribution >= 4 is 0 Å². The average molecular weight is 198 g/mol. The van der Waals surface area contributed by atoms with E-state index in [1.165, 1.54) is 5.56 Å². The molecule has 1 aromatic carbocycles. The number of hydrogen-bond acceptors (Lipinski definition) is 2. The van der Waals surface area contributed by atoms with E-state index in [2.05, 4.69) is 17.1 Å². The molecule has 0 spiro atoms. The SMILES string of the molecule is N[C@@H](Cc1ccccc1)c1cccnc1. The van der Waals surface area contributed by atoms with Gasteiger partial charge in [0.1, 0.15) is 0 Å². The molecule has 76 valence electrons. The lowest BCUT2D eigenvalue weighted by molar-refractivity contribution is 0.718. The maximum Gasteiger partial charge on any atom is 0.0351 e. The van der Waals surface area contributed by atoms with Gasteiger partial charge in [0.15, 0.2) is 0 Å². The number of aromatic nitrogens is 1. The summed E-state index contributed by atoms with van der Waals surface area (Å²) in [6, 6.07) is 14.2. The van der Waals surface area contributed by atoms with Crippen molar-refractivity contribution in [3.05, 3.63) is 66.0 Å². The zero-order valence-electron chi connectivity index (χ0n) is 8.51. The van der Waals surface area contributed by atoms with Crippen molar-refractivity contribution in [3.63, 3.8) is 0 Å². The van der Waals surface area contributed by atoms with Gasteiger partial charge in [-0.2, -0.15) is 0 Å². The van der Waals surface area contributed by atoms with E-state index in [1.807, 2.05) is 36.5 Å². The molecule has 1 aromatic heterocycles. The van der Waals surface area contributed by atoms with Crippen molar-refractivity contribution in [2.75, 3.05) is 0 Å². The zero-order valence-corrected chi connectivity index (χ0v) is 8.51. The number of hydrogen-bond donors (Lipinski definition) is 1. The number of nitrogens with zero attached hydrogens (tertiary/aromatic N) is 1. The highest BCUT2D eigenvalue weighted by Gasteiger charge is 2.05. The molecule has 2 heteroatoms. The topological polar surface area (TPSA) is 38.9 Å². The molecular weight excluding hydrogens is 184 g/mol. The quantitative estimate of drug-likeness (QED) is 0.822. The lowest BCUT2D eigenvalue weighted by atomic mass is 10.0. The van der Waals surface area contributed by atoms with Gasteiger partial charge in [0.25, 0.3) is 0 Å². The van der Waals surface area contributed by atoms with Gasteiger partial charge in [-0.25, -0.2) is 0 Å². The van der Waals surface area contributed by atoms with Crippen LogP contribution in [0.3, 0.4) is 0 Å². The Bertz CT molecular complexity index is 397. The van der Waals surface area contributed by atoms with Crippen molar-refractivity contribution in [2.24, 2.45) is 5.73 Å². The largest absolute Gasteiger partial charge is 0.324 e. The monoisotopic (exact) mass is 198 g/mol. The first-order valence-electron chi connectivity index (χ1n) is 5.05. The fourth-order valence-corrected chi connectivity index (χ4v) is 1.58. The summed E-state index contributed by atoms with van der Waals surface area (Å²) in [7, 11) is 0. The fourth-order valence-electron chi connectivity index (χ4n) is 1.58. The van der Waals surface area contributed by atoms with E-state index in [0.29, 0.717) is 0 Å². The third-order valence-corrected chi connectivity index (χ3v) is 2.41. The van der Waals surface area contributed by atoms with Crippen molar-refractivity contribution < 1.29 is 0 Å². The van der Waals surface area contributed by atoms with Gasteiger partial charge in [0.05, 0.1) is 0 Å². The van der Waals surface area contributed by atoms with Gasteiger partial charge in [-0.3, -0.25) is 4.98 Å². The lowest BCUT2D eigenvalue weighted by Gasteiger charge is -2.11. The fraction of sp³-hybridized carbons (Fsp3) is 0.154. The Balaban J connectivity index is 2.08. The molecule has 0 amide bonds. The van der Waals surface area contributed by atoms with Gasteiger partial charge < -0.3 is 5.73 Å². The molecule has 0 fully saturated rings. The molecule has 2 rings (SSSR count). The van der Waals surface area contributed by atoms with Crippen molar-refractivity contribution in [2.45, 2.75) is 12.5 Å². The third kappa shape index (κ3) is 2.64. The molecule has 0 aliphatic carbocycles. The first-order valence-corrected chi connectivity index (χ1v) is 5.05. The Kier molecular flexibility index (Phi) is 3.10. The summed E-state index contributed by atoms with van der Waals surface area (Å²) in [4.78, 5) is 4.07. The highest BCUT2D eigenvalue weighted by atomic mass is 14.7. The summed E-state index contributed by atoms with van der Waals surface area (Å²) in [6.45, 7) is 0. The molecule has 0 aliphatic rings. The summed E-state index contributed by atoms with van der Waals surface area (Å²) in [5, 5.41) is 0. The molecule has 0 saturated heterocycles.